The number of rotatable bonds is 19. The van der Waals surface area contributed by atoms with Crippen molar-refractivity contribution in [2.45, 2.75) is 46.1 Å². The van der Waals surface area contributed by atoms with Gasteiger partial charge in [-0.2, -0.15) is 9.52 Å². The van der Waals surface area contributed by atoms with Crippen molar-refractivity contribution in [1.82, 2.24) is 59.4 Å². The van der Waals surface area contributed by atoms with E-state index in [1.165, 1.54) is 84.2 Å². The second-order valence-corrected chi connectivity index (χ2v) is 29.5. The van der Waals surface area contributed by atoms with Crippen LogP contribution >= 0.6 is 33.4 Å². The first kappa shape index (κ1) is 61.7. The Balaban J connectivity index is 0.000000228. The molecule has 450 valence electrons. The zero-order chi connectivity index (χ0) is 62.2. The number of hydrogen-bond donors (Lipinski definition) is 3. The minimum Gasteiger partial charge on any atom is -0.497 e. The van der Waals surface area contributed by atoms with Crippen molar-refractivity contribution in [3.63, 3.8) is 0 Å². The number of anilines is 1. The fourth-order valence-electron chi connectivity index (χ4n) is 9.50. The molecule has 0 aliphatic heterocycles. The third-order valence-corrected chi connectivity index (χ3v) is 21.7. The maximum Gasteiger partial charge on any atom is 0.262 e. The van der Waals surface area contributed by atoms with E-state index in [-0.39, 0.29) is 42.4 Å². The monoisotopic (exact) mass is 1310 g/mol. The fraction of sp³-hybridized carbons (Fsp3) is 0.164. The summed E-state index contributed by atoms with van der Waals surface area (Å²) in [7, 11) is -4.91. The smallest absolute Gasteiger partial charge is 0.262 e. The van der Waals surface area contributed by atoms with Crippen LogP contribution in [0.4, 0.5) is 5.13 Å². The number of methoxy groups -OCH3 is 3. The third-order valence-electron chi connectivity index (χ3n) is 13.5. The number of aromatic amines is 1. The maximum absolute atomic E-state index is 15.6. The van der Waals surface area contributed by atoms with E-state index >= 15 is 8.42 Å². The first-order valence-electron chi connectivity index (χ1n) is 25.6. The highest BCUT2D eigenvalue weighted by atomic mass is 35.7. The van der Waals surface area contributed by atoms with Crippen LogP contribution in [-0.4, -0.2) is 129 Å². The number of nitrogens with two attached hydrogens (primary N) is 2. The van der Waals surface area contributed by atoms with Crippen LogP contribution < -0.4 is 25.1 Å². The van der Waals surface area contributed by atoms with Gasteiger partial charge in [0.1, 0.15) is 36.8 Å². The molecule has 0 radical (unpaired) electrons. The van der Waals surface area contributed by atoms with Gasteiger partial charge >= 0.3 is 0 Å². The summed E-state index contributed by atoms with van der Waals surface area (Å²) >= 11 is 2.73. The molecule has 11 aromatic rings. The molecule has 87 heavy (non-hydrogen) atoms. The Labute approximate surface area is 511 Å². The summed E-state index contributed by atoms with van der Waals surface area (Å²) < 4.78 is 131. The average Bonchev–Trinajstić information content (AvgIpc) is 1.83. The van der Waals surface area contributed by atoms with Crippen LogP contribution in [0.3, 0.4) is 0 Å². The minimum absolute atomic E-state index is 0.00522. The highest BCUT2D eigenvalue weighted by Gasteiger charge is 2.39. The fourth-order valence-corrected chi connectivity index (χ4v) is 17.0. The lowest BCUT2D eigenvalue weighted by molar-refractivity contribution is 0.396. The number of thiazole rings is 2. The number of benzene rings is 7. The molecule has 11 rings (SSSR count). The quantitative estimate of drug-likeness (QED) is 0.0646. The molecule has 0 fully saturated rings. The van der Waals surface area contributed by atoms with E-state index < -0.39 is 58.7 Å². The predicted octanol–water partition coefficient (Wildman–Crippen LogP) is 7.94. The Hall–Kier alpha value is -8.37. The molecule has 5 N–H and O–H groups in total. The number of H-pyrrole nitrogens is 1. The molecular weight excluding hydrogens is 1260 g/mol. The summed E-state index contributed by atoms with van der Waals surface area (Å²) in [5.74, 6) is 1.66. The van der Waals surface area contributed by atoms with E-state index in [1.807, 2.05) is 37.3 Å². The molecule has 4 heterocycles. The lowest BCUT2D eigenvalue weighted by Gasteiger charge is -2.26. The molecule has 0 atom stereocenters. The van der Waals surface area contributed by atoms with Crippen LogP contribution in [0.25, 0.3) is 65.5 Å². The van der Waals surface area contributed by atoms with Crippen LogP contribution in [0.15, 0.2) is 153 Å². The van der Waals surface area contributed by atoms with Crippen LogP contribution in [0.2, 0.25) is 0 Å². The van der Waals surface area contributed by atoms with Gasteiger partial charge in [-0.1, -0.05) is 84.1 Å². The van der Waals surface area contributed by atoms with E-state index in [0.717, 1.165) is 24.3 Å². The number of fused-ring (bicyclic) bond motifs is 2. The molecule has 25 nitrogen and oxygen atoms in total. The van der Waals surface area contributed by atoms with E-state index in [4.69, 9.17) is 40.7 Å². The molecule has 0 unspecified atom stereocenters. The predicted molar refractivity (Wildman–Crippen MR) is 329 cm³/mol. The van der Waals surface area contributed by atoms with Gasteiger partial charge in [-0.25, -0.2) is 57.8 Å². The number of nitrogens with zero attached hydrogens (tertiary/aromatic N) is 11. The van der Waals surface area contributed by atoms with Crippen LogP contribution in [0.1, 0.15) is 21.7 Å². The molecule has 4 aromatic heterocycles. The van der Waals surface area contributed by atoms with E-state index in [9.17, 15) is 25.3 Å². The number of primary sulfonamides is 1. The molecule has 0 saturated heterocycles. The van der Waals surface area contributed by atoms with Crippen molar-refractivity contribution < 1.29 is 47.9 Å². The van der Waals surface area contributed by atoms with Gasteiger partial charge in [0, 0.05) is 49.0 Å². The van der Waals surface area contributed by atoms with Crippen molar-refractivity contribution in [2.75, 3.05) is 41.2 Å². The Morgan fingerprint density at radius 3 is 1.62 bits per heavy atom. The Bertz CT molecular complexity index is 4790. The largest absolute Gasteiger partial charge is 0.497 e. The number of aryl methyl sites for hydroxylation is 1. The van der Waals surface area contributed by atoms with Crippen molar-refractivity contribution >= 4 is 98.0 Å². The number of hydrogen-bond acceptors (Lipinski definition) is 22. The number of sulfonamides is 3. The third kappa shape index (κ3) is 12.7. The summed E-state index contributed by atoms with van der Waals surface area (Å²) in [6.45, 7) is 1.67. The highest BCUT2D eigenvalue weighted by molar-refractivity contribution is 8.14. The lowest BCUT2D eigenvalue weighted by Crippen LogP contribution is -2.32. The molecule has 0 saturated carbocycles. The van der Waals surface area contributed by atoms with Crippen LogP contribution in [0.5, 0.6) is 17.2 Å². The van der Waals surface area contributed by atoms with E-state index in [1.54, 1.807) is 86.0 Å². The number of para-hydroxylation sites is 2. The normalized spacial score (nSPS) is 12.2. The van der Waals surface area contributed by atoms with Crippen molar-refractivity contribution in [2.24, 2.45) is 5.14 Å². The molecule has 0 bridgehead atoms. The van der Waals surface area contributed by atoms with Gasteiger partial charge in [0.05, 0.1) is 64.4 Å². The van der Waals surface area contributed by atoms with Gasteiger partial charge in [0.15, 0.2) is 11.0 Å². The molecule has 7 aromatic carbocycles. The summed E-state index contributed by atoms with van der Waals surface area (Å²) in [4.78, 5) is 6.75. The second kappa shape index (κ2) is 24.8. The molecule has 0 amide bonds. The number of tetrazole rings is 2. The summed E-state index contributed by atoms with van der Waals surface area (Å²) in [6, 6.07) is 37.3. The maximum atomic E-state index is 15.6. The van der Waals surface area contributed by atoms with Crippen molar-refractivity contribution in [1.29, 1.82) is 0 Å². The lowest BCUT2D eigenvalue weighted by atomic mass is 9.98. The molecule has 0 spiro atoms. The van der Waals surface area contributed by atoms with Gasteiger partial charge in [0.25, 0.3) is 9.05 Å². The average molecular weight is 1310 g/mol. The Kier molecular flexibility index (Phi) is 17.6. The molecule has 0 aliphatic rings. The topological polar surface area (TPSA) is 347 Å². The Morgan fingerprint density at radius 1 is 0.598 bits per heavy atom. The standard InChI is InChI=1S/C39H35ClN6O7S3.C16H16N8O4S3/c1-25-41-37-33(6-5-7-34(37)54-25)32-20-21-35(55(40,47)48)38(36(32)39-42-43-44-46(39)24-28-12-18-31(53-4)19-13-28)56(49,50)45(22-26-8-14-29(51-2)15-9-26)23-27-10-16-30(52-3)17-11-27;1-24(2)31(27,28)11-7-6-8(9-4-3-5-10-13(9)19-16(17)29-10)12(14(11)30(18,25)26)15-20-22-23-21-15/h5-21H,22-24H2,1-4H3;3-7H,1-2H3,(H2,17,19)(H2,18,25,26)(H,20,21,22,23). The van der Waals surface area contributed by atoms with E-state index in [2.05, 4.69) is 41.1 Å². The van der Waals surface area contributed by atoms with Crippen LogP contribution in [0, 0.1) is 6.92 Å². The number of nitrogens with one attached hydrogen (secondary N) is 1. The second-order valence-electron chi connectivity index (χ2n) is 19.2. The van der Waals surface area contributed by atoms with Gasteiger partial charge in [0.2, 0.25) is 35.9 Å². The highest BCUT2D eigenvalue weighted by Crippen LogP contribution is 2.46. The summed E-state index contributed by atoms with van der Waals surface area (Å²) in [5.41, 5.74) is 10.5. The molecule has 0 aliphatic carbocycles. The summed E-state index contributed by atoms with van der Waals surface area (Å²) in [5, 5.41) is 32.7. The number of nitrogen functional groups attached to an aromatic ring is 1. The number of halogens is 1. The zero-order valence-electron chi connectivity index (χ0n) is 46.7. The van der Waals surface area contributed by atoms with Crippen molar-refractivity contribution in [3.8, 4) is 62.3 Å². The van der Waals surface area contributed by atoms with Gasteiger partial charge in [-0.15, -0.1) is 26.6 Å². The molecule has 32 heteroatoms. The van der Waals surface area contributed by atoms with Gasteiger partial charge in [-0.05, 0) is 111 Å². The first-order valence-corrected chi connectivity index (χ1v) is 33.9. The van der Waals surface area contributed by atoms with E-state index in [0.29, 0.717) is 66.8 Å². The van der Waals surface area contributed by atoms with Gasteiger partial charge < -0.3 is 19.9 Å². The zero-order valence-corrected chi connectivity index (χ0v) is 52.4. The van der Waals surface area contributed by atoms with Gasteiger partial charge in [-0.3, -0.25) is 0 Å². The van der Waals surface area contributed by atoms with Crippen LogP contribution in [-0.2, 0) is 58.8 Å². The molecular formula is C55H51ClN14O11S6. The Morgan fingerprint density at radius 2 is 1.11 bits per heavy atom. The minimum atomic E-state index is -4.81. The SMILES string of the molecule is CN(C)S(=O)(=O)c1ccc(-c2cccc3sc(N)nc23)c(-c2nn[nH]n2)c1S(N)(=O)=O.COc1ccc(CN(Cc2ccc(OC)cc2)S(=O)(=O)c2c(S(=O)(=O)Cl)ccc(-c3cccc4sc(C)nc34)c2-c2nnnn2Cc2ccc(OC)cc2)cc1. The summed E-state index contributed by atoms with van der Waals surface area (Å²) in [6.07, 6.45) is 0. The van der Waals surface area contributed by atoms with Crippen molar-refractivity contribution in [3.05, 3.63) is 155 Å². The first-order chi connectivity index (χ1) is 41.4. The number of aromatic nitrogens is 10. The number of ether oxygens (including phenoxy) is 3.